The third kappa shape index (κ3) is 2.83. The van der Waals surface area contributed by atoms with Crippen LogP contribution >= 0.6 is 0 Å². The number of likely N-dealkylation sites (tertiary alicyclic amines) is 1. The maximum absolute atomic E-state index is 4.96. The molecule has 1 fully saturated rings. The quantitative estimate of drug-likeness (QED) is 0.534. The molecule has 142 valence electrons. The lowest BCUT2D eigenvalue weighted by Crippen LogP contribution is -2.24. The second-order valence-electron chi connectivity index (χ2n) is 7.64. The van der Waals surface area contributed by atoms with E-state index in [2.05, 4.69) is 76.1 Å². The first-order valence-corrected chi connectivity index (χ1v) is 9.96. The standard InChI is InChI=1S/C23H25N5/c1-17-19(15-24-26(17)2)20-11-8-13-27(20)16-21-23(18-9-4-3-5-10-18)25-22-12-6-7-14-28(21)22/h3-7,9-10,12,14-15,20H,8,11,13,16H2,1-2H3. The zero-order valence-electron chi connectivity index (χ0n) is 16.4. The van der Waals surface area contributed by atoms with Crippen molar-refractivity contribution in [2.45, 2.75) is 32.4 Å². The summed E-state index contributed by atoms with van der Waals surface area (Å²) in [7, 11) is 2.02. The minimum atomic E-state index is 0.423. The highest BCUT2D eigenvalue weighted by Crippen LogP contribution is 2.36. The fraction of sp³-hybridized carbons (Fsp3) is 0.304. The number of nitrogens with zero attached hydrogens (tertiary/aromatic N) is 5. The van der Waals surface area contributed by atoms with E-state index in [0.717, 1.165) is 24.4 Å². The normalized spacial score (nSPS) is 17.6. The van der Waals surface area contributed by atoms with Crippen molar-refractivity contribution in [2.75, 3.05) is 6.54 Å². The van der Waals surface area contributed by atoms with Crippen molar-refractivity contribution in [1.29, 1.82) is 0 Å². The Bertz CT molecular complexity index is 1110. The molecule has 0 aliphatic carbocycles. The minimum absolute atomic E-state index is 0.423. The summed E-state index contributed by atoms with van der Waals surface area (Å²) in [5, 5.41) is 4.48. The molecule has 0 saturated carbocycles. The van der Waals surface area contributed by atoms with Crippen molar-refractivity contribution in [3.63, 3.8) is 0 Å². The molecule has 1 saturated heterocycles. The zero-order valence-corrected chi connectivity index (χ0v) is 16.4. The van der Waals surface area contributed by atoms with Gasteiger partial charge in [0.15, 0.2) is 0 Å². The Morgan fingerprint density at radius 2 is 1.89 bits per heavy atom. The summed E-state index contributed by atoms with van der Waals surface area (Å²) < 4.78 is 4.23. The lowest BCUT2D eigenvalue weighted by molar-refractivity contribution is 0.244. The first-order valence-electron chi connectivity index (χ1n) is 9.96. The molecular formula is C23H25N5. The smallest absolute Gasteiger partial charge is 0.137 e. The molecule has 1 aliphatic rings. The zero-order chi connectivity index (χ0) is 19.1. The van der Waals surface area contributed by atoms with Crippen LogP contribution in [0, 0.1) is 6.92 Å². The van der Waals surface area contributed by atoms with Gasteiger partial charge in [-0.2, -0.15) is 5.10 Å². The van der Waals surface area contributed by atoms with Crippen LogP contribution in [0.4, 0.5) is 0 Å². The van der Waals surface area contributed by atoms with E-state index in [1.807, 2.05) is 17.9 Å². The number of rotatable bonds is 4. The van der Waals surface area contributed by atoms with E-state index in [9.17, 15) is 0 Å². The molecule has 0 radical (unpaired) electrons. The van der Waals surface area contributed by atoms with Crippen molar-refractivity contribution in [3.05, 3.63) is 77.9 Å². The van der Waals surface area contributed by atoms with Gasteiger partial charge >= 0.3 is 0 Å². The topological polar surface area (TPSA) is 38.4 Å². The van der Waals surface area contributed by atoms with E-state index in [0.29, 0.717) is 6.04 Å². The van der Waals surface area contributed by atoms with E-state index in [4.69, 9.17) is 4.98 Å². The van der Waals surface area contributed by atoms with Crippen LogP contribution in [0.3, 0.4) is 0 Å². The molecule has 5 heteroatoms. The van der Waals surface area contributed by atoms with E-state index in [1.165, 1.54) is 35.4 Å². The molecule has 0 bridgehead atoms. The van der Waals surface area contributed by atoms with Crippen LogP contribution in [0.25, 0.3) is 16.9 Å². The van der Waals surface area contributed by atoms with Gasteiger partial charge < -0.3 is 4.40 Å². The van der Waals surface area contributed by atoms with E-state index in [-0.39, 0.29) is 0 Å². The molecule has 28 heavy (non-hydrogen) atoms. The van der Waals surface area contributed by atoms with Crippen LogP contribution in [-0.2, 0) is 13.6 Å². The van der Waals surface area contributed by atoms with Crippen molar-refractivity contribution >= 4 is 5.65 Å². The Hall–Kier alpha value is -2.92. The molecule has 0 spiro atoms. The maximum Gasteiger partial charge on any atom is 0.137 e. The highest BCUT2D eigenvalue weighted by molar-refractivity contribution is 5.66. The fourth-order valence-electron chi connectivity index (χ4n) is 4.43. The number of fused-ring (bicyclic) bond motifs is 1. The maximum atomic E-state index is 4.96. The number of benzene rings is 1. The lowest BCUT2D eigenvalue weighted by atomic mass is 10.1. The average molecular weight is 371 g/mol. The predicted octanol–water partition coefficient (Wildman–Crippen LogP) is 4.38. The molecule has 4 aromatic rings. The van der Waals surface area contributed by atoms with Crippen molar-refractivity contribution in [1.82, 2.24) is 24.1 Å². The van der Waals surface area contributed by atoms with Crippen molar-refractivity contribution in [3.8, 4) is 11.3 Å². The highest BCUT2D eigenvalue weighted by Gasteiger charge is 2.30. The summed E-state index contributed by atoms with van der Waals surface area (Å²) in [6.07, 6.45) is 6.58. The monoisotopic (exact) mass is 371 g/mol. The fourth-order valence-corrected chi connectivity index (χ4v) is 4.43. The number of aryl methyl sites for hydroxylation is 1. The van der Waals surface area contributed by atoms with Crippen molar-refractivity contribution in [2.24, 2.45) is 7.05 Å². The summed E-state index contributed by atoms with van der Waals surface area (Å²) >= 11 is 0. The molecule has 0 amide bonds. The van der Waals surface area contributed by atoms with E-state index >= 15 is 0 Å². The van der Waals surface area contributed by atoms with E-state index in [1.54, 1.807) is 0 Å². The first kappa shape index (κ1) is 17.2. The van der Waals surface area contributed by atoms with Crippen LogP contribution in [0.2, 0.25) is 0 Å². The number of hydrogen-bond donors (Lipinski definition) is 0. The molecule has 3 aromatic heterocycles. The van der Waals surface area contributed by atoms with Gasteiger partial charge in [0.2, 0.25) is 0 Å². The van der Waals surface area contributed by atoms with Gasteiger partial charge in [0.1, 0.15) is 5.65 Å². The van der Waals surface area contributed by atoms with Gasteiger partial charge in [-0.3, -0.25) is 9.58 Å². The van der Waals surface area contributed by atoms with Gasteiger partial charge in [-0.05, 0) is 38.4 Å². The highest BCUT2D eigenvalue weighted by atomic mass is 15.3. The van der Waals surface area contributed by atoms with Gasteiger partial charge in [0.05, 0.1) is 17.6 Å². The molecule has 5 rings (SSSR count). The van der Waals surface area contributed by atoms with Crippen LogP contribution in [0.15, 0.2) is 60.9 Å². The Labute approximate surface area is 165 Å². The number of imidazole rings is 1. The Balaban J connectivity index is 1.57. The van der Waals surface area contributed by atoms with Gasteiger partial charge in [-0.25, -0.2) is 4.98 Å². The van der Waals surface area contributed by atoms with Crippen LogP contribution < -0.4 is 0 Å². The van der Waals surface area contributed by atoms with Crippen LogP contribution in [0.1, 0.15) is 35.8 Å². The van der Waals surface area contributed by atoms with Crippen LogP contribution in [-0.4, -0.2) is 30.6 Å². The molecular weight excluding hydrogens is 346 g/mol. The van der Waals surface area contributed by atoms with Crippen LogP contribution in [0.5, 0.6) is 0 Å². The third-order valence-corrected chi connectivity index (χ3v) is 6.02. The van der Waals surface area contributed by atoms with E-state index < -0.39 is 0 Å². The summed E-state index contributed by atoms with van der Waals surface area (Å²) in [5.74, 6) is 0. The number of pyridine rings is 1. The SMILES string of the molecule is Cc1c(C2CCCN2Cc2c(-c3ccccc3)nc3ccccn23)cnn1C. The van der Waals surface area contributed by atoms with Gasteiger partial charge in [0, 0.05) is 42.7 Å². The second-order valence-corrected chi connectivity index (χ2v) is 7.64. The predicted molar refractivity (Wildman–Crippen MR) is 111 cm³/mol. The number of hydrogen-bond acceptors (Lipinski definition) is 3. The van der Waals surface area contributed by atoms with Gasteiger partial charge in [-0.15, -0.1) is 0 Å². The lowest BCUT2D eigenvalue weighted by Gasteiger charge is -2.24. The Kier molecular flexibility index (Phi) is 4.24. The second kappa shape index (κ2) is 6.91. The molecule has 0 N–H and O–H groups in total. The van der Waals surface area contributed by atoms with Gasteiger partial charge in [-0.1, -0.05) is 36.4 Å². The Morgan fingerprint density at radius 1 is 1.07 bits per heavy atom. The largest absolute Gasteiger partial charge is 0.302 e. The summed E-state index contributed by atoms with van der Waals surface area (Å²) in [4.78, 5) is 7.55. The summed E-state index contributed by atoms with van der Waals surface area (Å²) in [6.45, 7) is 4.16. The third-order valence-electron chi connectivity index (χ3n) is 6.02. The van der Waals surface area contributed by atoms with Crippen molar-refractivity contribution < 1.29 is 0 Å². The molecule has 1 aromatic carbocycles. The first-order chi connectivity index (χ1) is 13.7. The molecule has 4 heterocycles. The summed E-state index contributed by atoms with van der Waals surface area (Å²) in [6, 6.07) is 17.2. The number of aromatic nitrogens is 4. The minimum Gasteiger partial charge on any atom is -0.302 e. The Morgan fingerprint density at radius 3 is 2.68 bits per heavy atom. The molecule has 1 aliphatic heterocycles. The van der Waals surface area contributed by atoms with Gasteiger partial charge in [0.25, 0.3) is 0 Å². The molecule has 1 unspecified atom stereocenters. The summed E-state index contributed by atoms with van der Waals surface area (Å²) in [5.41, 5.74) is 7.14. The molecule has 5 nitrogen and oxygen atoms in total. The molecule has 1 atom stereocenters. The average Bonchev–Trinajstić information content (AvgIpc) is 3.42.